The average molecular weight is 515 g/mol. The maximum Gasteiger partial charge on any atom is 0.262 e. The highest BCUT2D eigenvalue weighted by molar-refractivity contribution is 5.80. The van der Waals surface area contributed by atoms with E-state index >= 15 is 0 Å². The smallest absolute Gasteiger partial charge is 0.262 e. The molecule has 2 atom stereocenters. The summed E-state index contributed by atoms with van der Waals surface area (Å²) < 4.78 is 5.43. The summed E-state index contributed by atoms with van der Waals surface area (Å²) in [7, 11) is 1.99. The molecular weight excluding hydrogens is 480 g/mol. The number of rotatable bonds is 5. The van der Waals surface area contributed by atoms with Crippen molar-refractivity contribution >= 4 is 16.9 Å². The van der Waals surface area contributed by atoms with Crippen LogP contribution in [-0.2, 0) is 18.4 Å². The quantitative estimate of drug-likeness (QED) is 0.441. The molecule has 2 fully saturated rings. The fraction of sp³-hybridized carbons (Fsp3) is 0.448. The van der Waals surface area contributed by atoms with Crippen LogP contribution in [0.15, 0.2) is 66.1 Å². The average Bonchev–Trinajstić information content (AvgIpc) is 3.57. The monoisotopic (exact) mass is 514 g/mol. The van der Waals surface area contributed by atoms with Gasteiger partial charge in [0, 0.05) is 56.3 Å². The first-order valence-electron chi connectivity index (χ1n) is 13.5. The maximum atomic E-state index is 13.6. The third kappa shape index (κ3) is 4.45. The van der Waals surface area contributed by atoms with Gasteiger partial charge in [-0.05, 0) is 43.9 Å². The van der Waals surface area contributed by atoms with Crippen LogP contribution in [0.3, 0.4) is 0 Å². The van der Waals surface area contributed by atoms with Crippen molar-refractivity contribution in [3.05, 3.63) is 77.5 Å². The minimum Gasteiger partial charge on any atom is -0.388 e. The Bertz CT molecular complexity index is 1500. The molecule has 4 heterocycles. The molecule has 4 aromatic rings. The Kier molecular flexibility index (Phi) is 6.39. The second-order valence-electron chi connectivity index (χ2n) is 10.9. The highest BCUT2D eigenvalue weighted by Gasteiger charge is 2.40. The van der Waals surface area contributed by atoms with Crippen LogP contribution in [0.5, 0.6) is 0 Å². The van der Waals surface area contributed by atoms with Crippen molar-refractivity contribution in [2.75, 3.05) is 13.1 Å². The molecule has 1 amide bonds. The van der Waals surface area contributed by atoms with E-state index in [-0.39, 0.29) is 29.8 Å². The molecule has 0 radical (unpaired) electrons. The second kappa shape index (κ2) is 9.87. The van der Waals surface area contributed by atoms with Gasteiger partial charge in [-0.25, -0.2) is 9.97 Å². The first-order valence-corrected chi connectivity index (χ1v) is 13.5. The molecule has 1 aliphatic carbocycles. The summed E-state index contributed by atoms with van der Waals surface area (Å²) >= 11 is 0. The van der Waals surface area contributed by atoms with E-state index in [9.17, 15) is 14.7 Å². The Morgan fingerprint density at radius 2 is 1.82 bits per heavy atom. The lowest BCUT2D eigenvalue weighted by Gasteiger charge is -2.41. The van der Waals surface area contributed by atoms with Crippen molar-refractivity contribution in [1.29, 1.82) is 0 Å². The van der Waals surface area contributed by atoms with Gasteiger partial charge in [0.05, 0.1) is 17.5 Å². The zero-order valence-electron chi connectivity index (χ0n) is 21.7. The number of aromatic nitrogens is 5. The number of aliphatic hydroxyl groups is 1. The SMILES string of the molecule is Cn1ccnc1[C@H]1CCCC[C@@H]1C(=O)N1CCC(O)(Cn2cnc3c(ccn3-c3ccccc3)c2=O)CC1. The van der Waals surface area contributed by atoms with E-state index < -0.39 is 5.60 Å². The third-order valence-corrected chi connectivity index (χ3v) is 8.45. The minimum absolute atomic E-state index is 0.0704. The van der Waals surface area contributed by atoms with Crippen molar-refractivity contribution in [2.45, 2.75) is 56.6 Å². The predicted octanol–water partition coefficient (Wildman–Crippen LogP) is 3.25. The number of carbonyl (C=O) groups is 1. The van der Waals surface area contributed by atoms with E-state index in [1.165, 1.54) is 10.9 Å². The summed E-state index contributed by atoms with van der Waals surface area (Å²) in [6.45, 7) is 1.12. The molecule has 38 heavy (non-hydrogen) atoms. The molecule has 2 aliphatic rings. The van der Waals surface area contributed by atoms with Gasteiger partial charge in [0.1, 0.15) is 12.2 Å². The Balaban J connectivity index is 1.15. The van der Waals surface area contributed by atoms with Gasteiger partial charge in [0.2, 0.25) is 5.91 Å². The number of benzene rings is 1. The molecule has 1 saturated carbocycles. The summed E-state index contributed by atoms with van der Waals surface area (Å²) in [6, 6.07) is 11.6. The number of imidazole rings is 1. The standard InChI is InChI=1S/C29H34N6O3/c1-32-18-14-30-25(32)22-9-5-6-10-23(22)27(36)33-16-12-29(38,13-17-33)19-34-20-31-26-24(28(34)37)11-15-35(26)21-7-3-2-4-8-21/h2-4,7-8,11,14-15,18,20,22-23,38H,5-6,9-10,12-13,16-17,19H2,1H3/t22-,23-/m0/s1. The lowest BCUT2D eigenvalue weighted by Crippen LogP contribution is -2.51. The zero-order chi connectivity index (χ0) is 26.3. The normalized spacial score (nSPS) is 21.6. The summed E-state index contributed by atoms with van der Waals surface area (Å²) in [4.78, 5) is 37.9. The van der Waals surface area contributed by atoms with E-state index in [0.29, 0.717) is 37.0 Å². The van der Waals surface area contributed by atoms with Gasteiger partial charge in [-0.2, -0.15) is 0 Å². The molecule has 1 aliphatic heterocycles. The van der Waals surface area contributed by atoms with Crippen molar-refractivity contribution in [2.24, 2.45) is 13.0 Å². The molecule has 3 aromatic heterocycles. The van der Waals surface area contributed by atoms with Crippen LogP contribution in [0.25, 0.3) is 16.7 Å². The number of fused-ring (bicyclic) bond motifs is 1. The van der Waals surface area contributed by atoms with Crippen LogP contribution in [0, 0.1) is 5.92 Å². The topological polar surface area (TPSA) is 98.2 Å². The minimum atomic E-state index is -1.07. The molecule has 0 unspecified atom stereocenters. The number of aryl methyl sites for hydroxylation is 1. The van der Waals surface area contributed by atoms with Gasteiger partial charge in [-0.15, -0.1) is 0 Å². The van der Waals surface area contributed by atoms with Gasteiger partial charge in [0.25, 0.3) is 5.56 Å². The third-order valence-electron chi connectivity index (χ3n) is 8.45. The Hall–Kier alpha value is -3.72. The summed E-state index contributed by atoms with van der Waals surface area (Å²) in [6.07, 6.45) is 12.0. The van der Waals surface area contributed by atoms with Crippen LogP contribution in [0.4, 0.5) is 0 Å². The number of likely N-dealkylation sites (tertiary alicyclic amines) is 1. The molecule has 6 rings (SSSR count). The molecule has 198 valence electrons. The van der Waals surface area contributed by atoms with Crippen molar-refractivity contribution < 1.29 is 9.90 Å². The number of piperidine rings is 1. The Labute approximate surface area is 221 Å². The van der Waals surface area contributed by atoms with Crippen molar-refractivity contribution in [3.63, 3.8) is 0 Å². The predicted molar refractivity (Wildman–Crippen MR) is 144 cm³/mol. The first-order chi connectivity index (χ1) is 18.4. The first kappa shape index (κ1) is 24.6. The van der Waals surface area contributed by atoms with E-state index in [4.69, 9.17) is 0 Å². The number of carbonyl (C=O) groups excluding carboxylic acids is 1. The molecule has 1 aromatic carbocycles. The summed E-state index contributed by atoms with van der Waals surface area (Å²) in [5, 5.41) is 11.9. The molecule has 0 bridgehead atoms. The molecule has 1 saturated heterocycles. The van der Waals surface area contributed by atoms with Gasteiger partial charge < -0.3 is 19.1 Å². The summed E-state index contributed by atoms with van der Waals surface area (Å²) in [5.41, 5.74) is 0.297. The number of hydrogen-bond donors (Lipinski definition) is 1. The fourth-order valence-corrected chi connectivity index (χ4v) is 6.29. The lowest BCUT2D eigenvalue weighted by atomic mass is 9.77. The molecule has 9 nitrogen and oxygen atoms in total. The van der Waals surface area contributed by atoms with Gasteiger partial charge in [-0.3, -0.25) is 14.2 Å². The Morgan fingerprint density at radius 3 is 2.55 bits per heavy atom. The molecule has 1 N–H and O–H groups in total. The van der Waals surface area contributed by atoms with E-state index in [2.05, 4.69) is 9.97 Å². The molecule has 0 spiro atoms. The highest BCUT2D eigenvalue weighted by Crippen LogP contribution is 2.39. The van der Waals surface area contributed by atoms with Crippen molar-refractivity contribution in [1.82, 2.24) is 28.6 Å². The largest absolute Gasteiger partial charge is 0.388 e. The number of para-hydroxylation sites is 1. The van der Waals surface area contributed by atoms with Crippen LogP contribution in [0.2, 0.25) is 0 Å². The Morgan fingerprint density at radius 1 is 1.05 bits per heavy atom. The second-order valence-corrected chi connectivity index (χ2v) is 10.9. The number of amides is 1. The van der Waals surface area contributed by atoms with Crippen LogP contribution < -0.4 is 5.56 Å². The van der Waals surface area contributed by atoms with Crippen LogP contribution in [-0.4, -0.2) is 58.3 Å². The summed E-state index contributed by atoms with van der Waals surface area (Å²) in [5.74, 6) is 1.22. The number of hydrogen-bond acceptors (Lipinski definition) is 5. The fourth-order valence-electron chi connectivity index (χ4n) is 6.29. The van der Waals surface area contributed by atoms with Gasteiger partial charge in [0.15, 0.2) is 5.65 Å². The molecular formula is C29H34N6O3. The van der Waals surface area contributed by atoms with Gasteiger partial charge >= 0.3 is 0 Å². The van der Waals surface area contributed by atoms with E-state index in [1.807, 2.05) is 63.8 Å². The molecule has 9 heteroatoms. The highest BCUT2D eigenvalue weighted by atomic mass is 16.3. The number of nitrogens with zero attached hydrogens (tertiary/aromatic N) is 6. The van der Waals surface area contributed by atoms with E-state index in [0.717, 1.165) is 37.2 Å². The maximum absolute atomic E-state index is 13.6. The zero-order valence-corrected chi connectivity index (χ0v) is 21.7. The van der Waals surface area contributed by atoms with Crippen LogP contribution >= 0.6 is 0 Å². The van der Waals surface area contributed by atoms with Crippen LogP contribution in [0.1, 0.15) is 50.3 Å². The van der Waals surface area contributed by atoms with E-state index in [1.54, 1.807) is 12.3 Å². The van der Waals surface area contributed by atoms with Crippen molar-refractivity contribution in [3.8, 4) is 5.69 Å². The van der Waals surface area contributed by atoms with Gasteiger partial charge in [-0.1, -0.05) is 31.0 Å². The lowest BCUT2D eigenvalue weighted by molar-refractivity contribution is -0.142.